The summed E-state index contributed by atoms with van der Waals surface area (Å²) in [6.45, 7) is 3.36. The number of aromatic nitrogens is 3. The van der Waals surface area contributed by atoms with Gasteiger partial charge in [-0.15, -0.1) is 0 Å². The lowest BCUT2D eigenvalue weighted by molar-refractivity contribution is 0.482. The highest BCUT2D eigenvalue weighted by atomic mass is 15.2. The van der Waals surface area contributed by atoms with E-state index in [1.165, 1.54) is 19.3 Å². The van der Waals surface area contributed by atoms with Crippen molar-refractivity contribution in [3.63, 3.8) is 0 Å². The molecule has 4 rings (SSSR count). The average Bonchev–Trinajstić information content (AvgIpc) is 2.62. The molecule has 1 fully saturated rings. The van der Waals surface area contributed by atoms with Gasteiger partial charge in [-0.1, -0.05) is 12.1 Å². The summed E-state index contributed by atoms with van der Waals surface area (Å²) in [4.78, 5) is 16.2. The van der Waals surface area contributed by atoms with Gasteiger partial charge in [0.25, 0.3) is 0 Å². The molecule has 23 heavy (non-hydrogen) atoms. The number of benzene rings is 1. The number of rotatable bonds is 2. The maximum atomic E-state index is 4.93. The number of piperidine rings is 1. The van der Waals surface area contributed by atoms with Crippen LogP contribution in [-0.2, 0) is 0 Å². The molecule has 4 heteroatoms. The first-order chi connectivity index (χ1) is 11.3. The average molecular weight is 304 g/mol. The van der Waals surface area contributed by atoms with Gasteiger partial charge in [-0.3, -0.25) is 4.98 Å². The van der Waals surface area contributed by atoms with Crippen molar-refractivity contribution in [3.05, 3.63) is 48.8 Å². The molecule has 2 aromatic heterocycles. The number of hydrogen-bond acceptors (Lipinski definition) is 4. The Balaban J connectivity index is 1.91. The quantitative estimate of drug-likeness (QED) is 0.715. The van der Waals surface area contributed by atoms with Crippen molar-refractivity contribution in [1.29, 1.82) is 0 Å². The van der Waals surface area contributed by atoms with Gasteiger partial charge in [0.05, 0.1) is 5.52 Å². The van der Waals surface area contributed by atoms with E-state index in [4.69, 9.17) is 9.97 Å². The predicted octanol–water partition coefficient (Wildman–Crippen LogP) is 4.07. The fourth-order valence-corrected chi connectivity index (χ4v) is 3.32. The highest BCUT2D eigenvalue weighted by Gasteiger charge is 2.22. The SMILES string of the molecule is C[C@H]1CCCCN1c1nc(-c2ccncc2)nc2ccccc12. The van der Waals surface area contributed by atoms with Crippen LogP contribution in [0.3, 0.4) is 0 Å². The maximum Gasteiger partial charge on any atom is 0.162 e. The zero-order valence-corrected chi connectivity index (χ0v) is 13.3. The Morgan fingerprint density at radius 2 is 1.83 bits per heavy atom. The molecule has 1 aliphatic rings. The van der Waals surface area contributed by atoms with Crippen LogP contribution in [0.2, 0.25) is 0 Å². The highest BCUT2D eigenvalue weighted by Crippen LogP contribution is 2.31. The zero-order valence-electron chi connectivity index (χ0n) is 13.3. The van der Waals surface area contributed by atoms with Crippen LogP contribution in [0.15, 0.2) is 48.8 Å². The molecule has 0 N–H and O–H groups in total. The first-order valence-electron chi connectivity index (χ1n) is 8.27. The summed E-state index contributed by atoms with van der Waals surface area (Å²) in [6.07, 6.45) is 7.34. The minimum atomic E-state index is 0.521. The predicted molar refractivity (Wildman–Crippen MR) is 93.4 cm³/mol. The molecule has 0 bridgehead atoms. The van der Waals surface area contributed by atoms with Crippen molar-refractivity contribution in [2.45, 2.75) is 32.2 Å². The molecule has 116 valence electrons. The first-order valence-corrected chi connectivity index (χ1v) is 8.27. The third-order valence-electron chi connectivity index (χ3n) is 4.60. The van der Waals surface area contributed by atoms with Crippen LogP contribution in [0.25, 0.3) is 22.3 Å². The summed E-state index contributed by atoms with van der Waals surface area (Å²) in [5, 5.41) is 1.14. The van der Waals surface area contributed by atoms with Gasteiger partial charge in [-0.05, 0) is 50.5 Å². The number of hydrogen-bond donors (Lipinski definition) is 0. The van der Waals surface area contributed by atoms with Crippen LogP contribution < -0.4 is 4.90 Å². The van der Waals surface area contributed by atoms with Gasteiger partial charge in [0, 0.05) is 35.9 Å². The fourth-order valence-electron chi connectivity index (χ4n) is 3.32. The van der Waals surface area contributed by atoms with Gasteiger partial charge in [0.1, 0.15) is 5.82 Å². The Hall–Kier alpha value is -2.49. The van der Waals surface area contributed by atoms with E-state index in [2.05, 4.69) is 35.0 Å². The molecule has 0 saturated carbocycles. The van der Waals surface area contributed by atoms with Crippen LogP contribution in [-0.4, -0.2) is 27.5 Å². The second-order valence-electron chi connectivity index (χ2n) is 6.16. The minimum absolute atomic E-state index is 0.521. The molecule has 1 atom stereocenters. The van der Waals surface area contributed by atoms with E-state index in [0.717, 1.165) is 34.7 Å². The molecule has 1 aromatic carbocycles. The fraction of sp³-hybridized carbons (Fsp3) is 0.316. The van der Waals surface area contributed by atoms with Crippen LogP contribution in [0.1, 0.15) is 26.2 Å². The zero-order chi connectivity index (χ0) is 15.6. The standard InChI is InChI=1S/C19H20N4/c1-14-6-4-5-13-23(14)19-16-7-2-3-8-17(16)21-18(22-19)15-9-11-20-12-10-15/h2-3,7-12,14H,4-6,13H2,1H3/t14-/m0/s1. The van der Waals surface area contributed by atoms with Gasteiger partial charge < -0.3 is 4.90 Å². The second kappa shape index (κ2) is 5.95. The van der Waals surface area contributed by atoms with E-state index in [1.54, 1.807) is 12.4 Å². The molecule has 0 amide bonds. The van der Waals surface area contributed by atoms with Crippen LogP contribution in [0.5, 0.6) is 0 Å². The summed E-state index contributed by atoms with van der Waals surface area (Å²) >= 11 is 0. The Bertz CT molecular complexity index is 816. The Labute approximate surface area is 136 Å². The van der Waals surface area contributed by atoms with Gasteiger partial charge in [0.2, 0.25) is 0 Å². The molecular weight excluding hydrogens is 284 g/mol. The molecule has 0 radical (unpaired) electrons. The van der Waals surface area contributed by atoms with E-state index >= 15 is 0 Å². The lowest BCUT2D eigenvalue weighted by Crippen LogP contribution is -2.38. The molecule has 0 spiro atoms. The number of anilines is 1. The summed E-state index contributed by atoms with van der Waals surface area (Å²) in [6, 6.07) is 12.8. The third-order valence-corrected chi connectivity index (χ3v) is 4.60. The van der Waals surface area contributed by atoms with Crippen molar-refractivity contribution in [2.75, 3.05) is 11.4 Å². The highest BCUT2D eigenvalue weighted by molar-refractivity contribution is 5.91. The smallest absolute Gasteiger partial charge is 0.162 e. The van der Waals surface area contributed by atoms with Crippen LogP contribution in [0, 0.1) is 0 Å². The Morgan fingerprint density at radius 1 is 1.00 bits per heavy atom. The lowest BCUT2D eigenvalue weighted by atomic mass is 10.0. The van der Waals surface area contributed by atoms with Crippen molar-refractivity contribution >= 4 is 16.7 Å². The lowest BCUT2D eigenvalue weighted by Gasteiger charge is -2.35. The number of para-hydroxylation sites is 1. The molecule has 3 heterocycles. The van der Waals surface area contributed by atoms with Crippen molar-refractivity contribution in [2.24, 2.45) is 0 Å². The summed E-state index contributed by atoms with van der Waals surface area (Å²) < 4.78 is 0. The van der Waals surface area contributed by atoms with Gasteiger partial charge in [-0.25, -0.2) is 9.97 Å². The maximum absolute atomic E-state index is 4.93. The van der Waals surface area contributed by atoms with Crippen molar-refractivity contribution in [3.8, 4) is 11.4 Å². The van der Waals surface area contributed by atoms with Crippen molar-refractivity contribution in [1.82, 2.24) is 15.0 Å². The van der Waals surface area contributed by atoms with E-state index < -0.39 is 0 Å². The minimum Gasteiger partial charge on any atom is -0.353 e. The van der Waals surface area contributed by atoms with E-state index in [0.29, 0.717) is 6.04 Å². The van der Waals surface area contributed by atoms with Crippen molar-refractivity contribution < 1.29 is 0 Å². The molecule has 3 aromatic rings. The van der Waals surface area contributed by atoms with Crippen LogP contribution >= 0.6 is 0 Å². The topological polar surface area (TPSA) is 41.9 Å². The Morgan fingerprint density at radius 3 is 2.65 bits per heavy atom. The van der Waals surface area contributed by atoms with E-state index in [9.17, 15) is 0 Å². The molecule has 4 nitrogen and oxygen atoms in total. The molecule has 1 aliphatic heterocycles. The van der Waals surface area contributed by atoms with E-state index in [1.807, 2.05) is 18.2 Å². The molecular formula is C19H20N4. The number of pyridine rings is 1. The monoisotopic (exact) mass is 304 g/mol. The third kappa shape index (κ3) is 2.65. The van der Waals surface area contributed by atoms with Gasteiger partial charge >= 0.3 is 0 Å². The summed E-state index contributed by atoms with van der Waals surface area (Å²) in [5.41, 5.74) is 2.01. The second-order valence-corrected chi connectivity index (χ2v) is 6.16. The largest absolute Gasteiger partial charge is 0.353 e. The molecule has 0 unspecified atom stereocenters. The number of nitrogens with zero attached hydrogens (tertiary/aromatic N) is 4. The van der Waals surface area contributed by atoms with Gasteiger partial charge in [0.15, 0.2) is 5.82 Å². The van der Waals surface area contributed by atoms with Gasteiger partial charge in [-0.2, -0.15) is 0 Å². The Kier molecular flexibility index (Phi) is 3.66. The summed E-state index contributed by atoms with van der Waals surface area (Å²) in [5.74, 6) is 1.84. The van der Waals surface area contributed by atoms with Crippen LogP contribution in [0.4, 0.5) is 5.82 Å². The number of fused-ring (bicyclic) bond motifs is 1. The molecule has 0 aliphatic carbocycles. The first kappa shape index (κ1) is 14.1. The van der Waals surface area contributed by atoms with E-state index in [-0.39, 0.29) is 0 Å². The summed E-state index contributed by atoms with van der Waals surface area (Å²) in [7, 11) is 0. The normalized spacial score (nSPS) is 18.3. The molecule has 1 saturated heterocycles.